The van der Waals surface area contributed by atoms with Gasteiger partial charge in [0.05, 0.1) is 12.2 Å². The molecule has 0 spiro atoms. The van der Waals surface area contributed by atoms with Crippen molar-refractivity contribution < 1.29 is 26.7 Å². The second-order valence-corrected chi connectivity index (χ2v) is 5.39. The van der Waals surface area contributed by atoms with E-state index in [-0.39, 0.29) is 24.3 Å². The Hall–Kier alpha value is -2.52. The highest BCUT2D eigenvalue weighted by molar-refractivity contribution is 5.79. The lowest BCUT2D eigenvalue weighted by Crippen LogP contribution is -2.27. The molecule has 1 saturated heterocycles. The molecule has 1 aliphatic heterocycles. The fourth-order valence-corrected chi connectivity index (χ4v) is 2.73. The lowest BCUT2D eigenvalue weighted by atomic mass is 10.1. The Kier molecular flexibility index (Phi) is 3.98. The minimum Gasteiger partial charge on any atom is -0.336 e. The van der Waals surface area contributed by atoms with Gasteiger partial charge in [-0.25, -0.2) is 9.50 Å². The summed E-state index contributed by atoms with van der Waals surface area (Å²) in [5.74, 6) is -1.21. The van der Waals surface area contributed by atoms with E-state index < -0.39 is 36.3 Å². The van der Waals surface area contributed by atoms with E-state index in [1.54, 1.807) is 0 Å². The maximum absolute atomic E-state index is 13.2. The highest BCUT2D eigenvalue weighted by Crippen LogP contribution is 2.33. The number of likely N-dealkylation sites (tertiary alicyclic amines) is 1. The van der Waals surface area contributed by atoms with Crippen LogP contribution in [0.2, 0.25) is 0 Å². The molecular formula is C14H11F5N4O. The van der Waals surface area contributed by atoms with Gasteiger partial charge in [0.15, 0.2) is 11.3 Å². The van der Waals surface area contributed by atoms with Crippen LogP contribution in [0.4, 0.5) is 22.0 Å². The van der Waals surface area contributed by atoms with E-state index in [4.69, 9.17) is 0 Å². The first-order chi connectivity index (χ1) is 11.3. The van der Waals surface area contributed by atoms with Gasteiger partial charge in [-0.1, -0.05) is 0 Å². The number of hydrogen-bond acceptors (Lipinski definition) is 3. The summed E-state index contributed by atoms with van der Waals surface area (Å²) >= 11 is 0. The van der Waals surface area contributed by atoms with Gasteiger partial charge >= 0.3 is 6.18 Å². The first-order valence-electron chi connectivity index (χ1n) is 6.96. The molecule has 0 N–H and O–H groups in total. The molecule has 0 bridgehead atoms. The molecule has 3 rings (SSSR count). The van der Waals surface area contributed by atoms with Crippen molar-refractivity contribution in [2.45, 2.75) is 19.1 Å². The lowest BCUT2D eigenvalue weighted by molar-refractivity contribution is -0.142. The maximum Gasteiger partial charge on any atom is 0.435 e. The van der Waals surface area contributed by atoms with Crippen molar-refractivity contribution in [3.05, 3.63) is 41.9 Å². The SMILES string of the molecule is O=C1C[C@H](C=C(F)F)CN1Cc1c(C(F)(F)F)nc2cccnn12. The van der Waals surface area contributed by atoms with Crippen LogP contribution >= 0.6 is 0 Å². The highest BCUT2D eigenvalue weighted by atomic mass is 19.4. The molecule has 1 aliphatic rings. The summed E-state index contributed by atoms with van der Waals surface area (Å²) in [5.41, 5.74) is -1.43. The largest absolute Gasteiger partial charge is 0.435 e. The summed E-state index contributed by atoms with van der Waals surface area (Å²) in [5, 5.41) is 3.83. The quantitative estimate of drug-likeness (QED) is 0.803. The van der Waals surface area contributed by atoms with E-state index in [1.165, 1.54) is 18.3 Å². The minimum atomic E-state index is -4.71. The number of carbonyl (C=O) groups is 1. The van der Waals surface area contributed by atoms with Gasteiger partial charge in [0.2, 0.25) is 5.91 Å². The van der Waals surface area contributed by atoms with Crippen LogP contribution < -0.4 is 0 Å². The summed E-state index contributed by atoms with van der Waals surface area (Å²) in [6.07, 6.45) is -4.84. The standard InChI is InChI=1S/C14H11F5N4O/c15-10(16)4-8-5-12(24)22(6-8)7-9-13(14(17,18)19)21-11-2-1-3-20-23(9)11/h1-4,8H,5-7H2/t8-/m0/s1. The molecule has 10 heteroatoms. The molecule has 2 aromatic rings. The molecule has 3 heterocycles. The predicted octanol–water partition coefficient (Wildman–Crippen LogP) is 2.88. The first kappa shape index (κ1) is 16.3. The number of hydrogen-bond donors (Lipinski definition) is 0. The topological polar surface area (TPSA) is 50.5 Å². The Morgan fingerprint density at radius 2 is 2.12 bits per heavy atom. The number of carbonyl (C=O) groups excluding carboxylic acids is 1. The van der Waals surface area contributed by atoms with E-state index in [1.807, 2.05) is 0 Å². The van der Waals surface area contributed by atoms with Crippen molar-refractivity contribution in [3.8, 4) is 0 Å². The van der Waals surface area contributed by atoms with Crippen LogP contribution in [0.15, 0.2) is 30.5 Å². The Bertz CT molecular complexity index is 809. The fourth-order valence-electron chi connectivity index (χ4n) is 2.73. The van der Waals surface area contributed by atoms with Gasteiger partial charge in [-0.3, -0.25) is 4.79 Å². The third kappa shape index (κ3) is 3.08. The summed E-state index contributed by atoms with van der Waals surface area (Å²) in [6.45, 7) is -0.475. The van der Waals surface area contributed by atoms with Gasteiger partial charge in [0.1, 0.15) is 0 Å². The Balaban J connectivity index is 1.95. The van der Waals surface area contributed by atoms with E-state index in [9.17, 15) is 26.7 Å². The van der Waals surface area contributed by atoms with Gasteiger partial charge in [-0.15, -0.1) is 0 Å². The van der Waals surface area contributed by atoms with Gasteiger partial charge in [-0.2, -0.15) is 27.1 Å². The van der Waals surface area contributed by atoms with Crippen molar-refractivity contribution in [2.24, 2.45) is 5.92 Å². The molecule has 0 unspecified atom stereocenters. The average molecular weight is 346 g/mol. The molecule has 0 radical (unpaired) electrons. The Labute approximate surface area is 132 Å². The third-order valence-corrected chi connectivity index (χ3v) is 3.70. The highest BCUT2D eigenvalue weighted by Gasteiger charge is 2.40. The number of aromatic nitrogens is 3. The Morgan fingerprint density at radius 1 is 1.38 bits per heavy atom. The van der Waals surface area contributed by atoms with Crippen LogP contribution in [-0.4, -0.2) is 31.9 Å². The zero-order valence-electron chi connectivity index (χ0n) is 12.1. The van der Waals surface area contributed by atoms with Crippen molar-refractivity contribution in [2.75, 3.05) is 6.54 Å². The van der Waals surface area contributed by atoms with Crippen LogP contribution in [0.3, 0.4) is 0 Å². The number of amides is 1. The zero-order chi connectivity index (χ0) is 17.5. The molecule has 0 aromatic carbocycles. The zero-order valence-corrected chi connectivity index (χ0v) is 12.1. The van der Waals surface area contributed by atoms with Crippen molar-refractivity contribution in [3.63, 3.8) is 0 Å². The molecule has 24 heavy (non-hydrogen) atoms. The molecule has 1 atom stereocenters. The molecule has 5 nitrogen and oxygen atoms in total. The normalized spacial score (nSPS) is 18.5. The van der Waals surface area contributed by atoms with Gasteiger partial charge in [0, 0.05) is 25.1 Å². The molecule has 1 fully saturated rings. The van der Waals surface area contributed by atoms with Crippen molar-refractivity contribution in [1.29, 1.82) is 0 Å². The van der Waals surface area contributed by atoms with E-state index in [0.29, 0.717) is 6.08 Å². The van der Waals surface area contributed by atoms with Gasteiger partial charge in [-0.05, 0) is 18.2 Å². The minimum absolute atomic E-state index is 0.00211. The molecule has 128 valence electrons. The second kappa shape index (κ2) is 5.84. The fraction of sp³-hybridized carbons (Fsp3) is 0.357. The number of imidazole rings is 1. The molecule has 0 saturated carbocycles. The number of rotatable bonds is 3. The van der Waals surface area contributed by atoms with Crippen molar-refractivity contribution >= 4 is 11.6 Å². The molecule has 1 amide bonds. The lowest BCUT2D eigenvalue weighted by Gasteiger charge is -2.17. The molecule has 0 aliphatic carbocycles. The number of nitrogens with zero attached hydrogens (tertiary/aromatic N) is 4. The number of halogens is 5. The van der Waals surface area contributed by atoms with E-state index in [2.05, 4.69) is 10.1 Å². The van der Waals surface area contributed by atoms with Crippen LogP contribution in [0.5, 0.6) is 0 Å². The van der Waals surface area contributed by atoms with Crippen LogP contribution in [0, 0.1) is 5.92 Å². The first-order valence-corrected chi connectivity index (χ1v) is 6.96. The molecular weight excluding hydrogens is 335 g/mol. The summed E-state index contributed by atoms with van der Waals surface area (Å²) in [7, 11) is 0. The summed E-state index contributed by atoms with van der Waals surface area (Å²) in [6, 6.07) is 2.81. The van der Waals surface area contributed by atoms with Gasteiger partial charge in [0.25, 0.3) is 6.08 Å². The van der Waals surface area contributed by atoms with Crippen LogP contribution in [0.1, 0.15) is 17.8 Å². The predicted molar refractivity (Wildman–Crippen MR) is 71.8 cm³/mol. The molecule has 2 aromatic heterocycles. The van der Waals surface area contributed by atoms with E-state index in [0.717, 1.165) is 9.42 Å². The van der Waals surface area contributed by atoms with E-state index >= 15 is 0 Å². The Morgan fingerprint density at radius 3 is 2.79 bits per heavy atom. The summed E-state index contributed by atoms with van der Waals surface area (Å²) in [4.78, 5) is 16.5. The number of alkyl halides is 3. The van der Waals surface area contributed by atoms with Crippen molar-refractivity contribution in [1.82, 2.24) is 19.5 Å². The van der Waals surface area contributed by atoms with Gasteiger partial charge < -0.3 is 4.90 Å². The third-order valence-electron chi connectivity index (χ3n) is 3.70. The van der Waals surface area contributed by atoms with Crippen LogP contribution in [-0.2, 0) is 17.5 Å². The number of fused-ring (bicyclic) bond motifs is 1. The average Bonchev–Trinajstić information content (AvgIpc) is 3.00. The smallest absolute Gasteiger partial charge is 0.336 e. The second-order valence-electron chi connectivity index (χ2n) is 5.39. The maximum atomic E-state index is 13.2. The monoisotopic (exact) mass is 346 g/mol. The van der Waals surface area contributed by atoms with Crippen LogP contribution in [0.25, 0.3) is 5.65 Å². The summed E-state index contributed by atoms with van der Waals surface area (Å²) < 4.78 is 65.2.